The molecule has 2 nitrogen and oxygen atoms in total. The van der Waals surface area contributed by atoms with E-state index in [1.165, 1.54) is 6.07 Å². The lowest BCUT2D eigenvalue weighted by molar-refractivity contribution is 0.504. The van der Waals surface area contributed by atoms with Crippen molar-refractivity contribution in [2.24, 2.45) is 5.84 Å². The quantitative estimate of drug-likeness (QED) is 0.502. The van der Waals surface area contributed by atoms with Crippen LogP contribution in [-0.4, -0.2) is 0 Å². The molecule has 0 saturated carbocycles. The van der Waals surface area contributed by atoms with E-state index in [0.717, 1.165) is 21.3 Å². The first-order valence-corrected chi connectivity index (χ1v) is 6.37. The number of hydrazine groups is 1. The number of benzene rings is 2. The summed E-state index contributed by atoms with van der Waals surface area (Å²) in [6.07, 6.45) is 0. The predicted molar refractivity (Wildman–Crippen MR) is 74.7 cm³/mol. The minimum absolute atomic E-state index is 0.367. The summed E-state index contributed by atoms with van der Waals surface area (Å²) < 4.78 is 27.2. The summed E-state index contributed by atoms with van der Waals surface area (Å²) in [6.45, 7) is 0. The predicted octanol–water partition coefficient (Wildman–Crippen LogP) is 3.12. The van der Waals surface area contributed by atoms with Crippen LogP contribution in [0, 0.1) is 15.2 Å². The molecule has 94 valence electrons. The van der Waals surface area contributed by atoms with E-state index in [1.54, 1.807) is 0 Å². The zero-order valence-electron chi connectivity index (χ0n) is 9.33. The largest absolute Gasteiger partial charge is 0.271 e. The lowest BCUT2D eigenvalue weighted by Crippen LogP contribution is -2.29. The molecule has 3 N–H and O–H groups in total. The first kappa shape index (κ1) is 13.4. The summed E-state index contributed by atoms with van der Waals surface area (Å²) in [5.41, 5.74) is 4.13. The highest BCUT2D eigenvalue weighted by Gasteiger charge is 2.16. The Morgan fingerprint density at radius 1 is 1.06 bits per heavy atom. The summed E-state index contributed by atoms with van der Waals surface area (Å²) in [6, 6.07) is 11.0. The fourth-order valence-electron chi connectivity index (χ4n) is 1.77. The molecule has 0 aliphatic carbocycles. The summed E-state index contributed by atoms with van der Waals surface area (Å²) in [5, 5.41) is 0. The molecule has 0 amide bonds. The van der Waals surface area contributed by atoms with Crippen molar-refractivity contribution in [3.63, 3.8) is 0 Å². The molecule has 1 unspecified atom stereocenters. The van der Waals surface area contributed by atoms with Crippen molar-refractivity contribution in [3.05, 3.63) is 68.8 Å². The molecule has 0 saturated heterocycles. The van der Waals surface area contributed by atoms with Crippen LogP contribution in [0.1, 0.15) is 17.2 Å². The average Bonchev–Trinajstić information content (AvgIpc) is 2.37. The van der Waals surface area contributed by atoms with Gasteiger partial charge in [-0.15, -0.1) is 0 Å². The van der Waals surface area contributed by atoms with E-state index in [0.29, 0.717) is 5.56 Å². The SMILES string of the molecule is NNC(c1ccc(F)c(F)c1)c1ccccc1I. The van der Waals surface area contributed by atoms with E-state index < -0.39 is 11.6 Å². The fraction of sp³-hybridized carbons (Fsp3) is 0.0769. The van der Waals surface area contributed by atoms with Gasteiger partial charge in [0.05, 0.1) is 6.04 Å². The monoisotopic (exact) mass is 360 g/mol. The van der Waals surface area contributed by atoms with Crippen LogP contribution < -0.4 is 11.3 Å². The molecule has 0 aromatic heterocycles. The second-order valence-electron chi connectivity index (χ2n) is 3.79. The van der Waals surface area contributed by atoms with Crippen molar-refractivity contribution in [2.75, 3.05) is 0 Å². The van der Waals surface area contributed by atoms with Crippen LogP contribution in [0.2, 0.25) is 0 Å². The summed E-state index contributed by atoms with van der Waals surface area (Å²) in [4.78, 5) is 0. The zero-order valence-corrected chi connectivity index (χ0v) is 11.5. The lowest BCUT2D eigenvalue weighted by atomic mass is 9.99. The van der Waals surface area contributed by atoms with E-state index in [-0.39, 0.29) is 6.04 Å². The normalized spacial score (nSPS) is 12.4. The van der Waals surface area contributed by atoms with Crippen molar-refractivity contribution < 1.29 is 8.78 Å². The van der Waals surface area contributed by atoms with Gasteiger partial charge >= 0.3 is 0 Å². The van der Waals surface area contributed by atoms with Gasteiger partial charge in [0, 0.05) is 3.57 Å². The van der Waals surface area contributed by atoms with Gasteiger partial charge in [-0.05, 0) is 51.9 Å². The molecule has 2 aromatic rings. The van der Waals surface area contributed by atoms with Gasteiger partial charge in [0.1, 0.15) is 0 Å². The standard InChI is InChI=1S/C13H11F2IN2/c14-10-6-5-8(7-11(10)15)13(18-17)9-3-1-2-4-12(9)16/h1-7,13,18H,17H2. The second-order valence-corrected chi connectivity index (χ2v) is 4.96. The van der Waals surface area contributed by atoms with Crippen LogP contribution in [0.5, 0.6) is 0 Å². The molecule has 0 aliphatic heterocycles. The van der Waals surface area contributed by atoms with Gasteiger partial charge in [0.25, 0.3) is 0 Å². The van der Waals surface area contributed by atoms with Gasteiger partial charge in [-0.2, -0.15) is 0 Å². The summed E-state index contributed by atoms with van der Waals surface area (Å²) in [7, 11) is 0. The molecule has 0 spiro atoms. The number of halogens is 3. The van der Waals surface area contributed by atoms with Crippen LogP contribution >= 0.6 is 22.6 Å². The smallest absolute Gasteiger partial charge is 0.159 e. The minimum atomic E-state index is -0.876. The van der Waals surface area contributed by atoms with Crippen LogP contribution in [0.25, 0.3) is 0 Å². The summed E-state index contributed by atoms with van der Waals surface area (Å²) >= 11 is 2.18. The Labute approximate surface area is 117 Å². The second kappa shape index (κ2) is 5.73. The van der Waals surface area contributed by atoms with E-state index in [1.807, 2.05) is 24.3 Å². The Kier molecular flexibility index (Phi) is 4.26. The zero-order chi connectivity index (χ0) is 13.1. The molecular formula is C13H11F2IN2. The number of nitrogens with two attached hydrogens (primary N) is 1. The third kappa shape index (κ3) is 2.68. The first-order valence-electron chi connectivity index (χ1n) is 5.29. The average molecular weight is 360 g/mol. The number of nitrogens with one attached hydrogen (secondary N) is 1. The molecule has 0 aliphatic rings. The van der Waals surface area contributed by atoms with Crippen molar-refractivity contribution in [1.29, 1.82) is 0 Å². The van der Waals surface area contributed by atoms with E-state index >= 15 is 0 Å². The molecular weight excluding hydrogens is 349 g/mol. The molecule has 5 heteroatoms. The topological polar surface area (TPSA) is 38.0 Å². The molecule has 18 heavy (non-hydrogen) atoms. The molecule has 0 fully saturated rings. The van der Waals surface area contributed by atoms with Gasteiger partial charge in [0.15, 0.2) is 11.6 Å². The Hall–Kier alpha value is -1.05. The first-order chi connectivity index (χ1) is 8.63. The maximum absolute atomic E-state index is 13.2. The van der Waals surface area contributed by atoms with Gasteiger partial charge < -0.3 is 0 Å². The van der Waals surface area contributed by atoms with Crippen molar-refractivity contribution in [3.8, 4) is 0 Å². The summed E-state index contributed by atoms with van der Waals surface area (Å²) in [5.74, 6) is 3.78. The van der Waals surface area contributed by atoms with Crippen LogP contribution in [0.4, 0.5) is 8.78 Å². The van der Waals surface area contributed by atoms with Gasteiger partial charge in [-0.25, -0.2) is 14.2 Å². The molecule has 2 rings (SSSR count). The van der Waals surface area contributed by atoms with Crippen molar-refractivity contribution in [2.45, 2.75) is 6.04 Å². The third-order valence-corrected chi connectivity index (χ3v) is 3.64. The van der Waals surface area contributed by atoms with E-state index in [2.05, 4.69) is 28.0 Å². The van der Waals surface area contributed by atoms with Crippen LogP contribution in [0.15, 0.2) is 42.5 Å². The number of rotatable bonds is 3. The maximum atomic E-state index is 13.2. The Morgan fingerprint density at radius 2 is 1.78 bits per heavy atom. The Morgan fingerprint density at radius 3 is 2.39 bits per heavy atom. The Balaban J connectivity index is 2.45. The van der Waals surface area contributed by atoms with Crippen LogP contribution in [0.3, 0.4) is 0 Å². The van der Waals surface area contributed by atoms with Crippen LogP contribution in [-0.2, 0) is 0 Å². The lowest BCUT2D eigenvalue weighted by Gasteiger charge is -2.18. The molecule has 1 atom stereocenters. The third-order valence-electron chi connectivity index (χ3n) is 2.66. The van der Waals surface area contributed by atoms with E-state index in [9.17, 15) is 8.78 Å². The molecule has 0 radical (unpaired) electrons. The van der Waals surface area contributed by atoms with Crippen molar-refractivity contribution in [1.82, 2.24) is 5.43 Å². The molecule has 0 heterocycles. The number of hydrogen-bond acceptors (Lipinski definition) is 2. The van der Waals surface area contributed by atoms with Crippen molar-refractivity contribution >= 4 is 22.6 Å². The highest BCUT2D eigenvalue weighted by Crippen LogP contribution is 2.26. The van der Waals surface area contributed by atoms with Gasteiger partial charge in [-0.1, -0.05) is 24.3 Å². The van der Waals surface area contributed by atoms with E-state index in [4.69, 9.17) is 5.84 Å². The Bertz CT molecular complexity index is 560. The highest BCUT2D eigenvalue weighted by molar-refractivity contribution is 14.1. The minimum Gasteiger partial charge on any atom is -0.271 e. The maximum Gasteiger partial charge on any atom is 0.159 e. The molecule has 2 aromatic carbocycles. The fourth-order valence-corrected chi connectivity index (χ4v) is 2.47. The van der Waals surface area contributed by atoms with Gasteiger partial charge in [-0.3, -0.25) is 5.84 Å². The molecule has 0 bridgehead atoms. The van der Waals surface area contributed by atoms with Gasteiger partial charge in [0.2, 0.25) is 0 Å². The highest BCUT2D eigenvalue weighted by atomic mass is 127. The number of hydrogen-bond donors (Lipinski definition) is 2.